The Hall–Kier alpha value is -4.01. The highest BCUT2D eigenvalue weighted by molar-refractivity contribution is 6.22. The van der Waals surface area contributed by atoms with E-state index in [1.165, 1.54) is 0 Å². The molecule has 4 amide bonds. The predicted molar refractivity (Wildman–Crippen MR) is 116 cm³/mol. The number of likely N-dealkylation sites (tertiary alicyclic amines) is 1. The van der Waals surface area contributed by atoms with Crippen LogP contribution >= 0.6 is 0 Å². The molecule has 2 aromatic rings. The molecule has 3 aliphatic heterocycles. The highest BCUT2D eigenvalue weighted by Gasteiger charge is 2.38. The lowest BCUT2D eigenvalue weighted by molar-refractivity contribution is -0.132. The van der Waals surface area contributed by atoms with Gasteiger partial charge in [0.15, 0.2) is 12.4 Å². The van der Waals surface area contributed by atoms with Gasteiger partial charge < -0.3 is 15.0 Å². The van der Waals surface area contributed by atoms with Crippen LogP contribution in [0.5, 0.6) is 5.75 Å². The van der Waals surface area contributed by atoms with Crippen LogP contribution in [-0.4, -0.2) is 65.5 Å². The van der Waals surface area contributed by atoms with Crippen LogP contribution in [0.4, 0.5) is 5.69 Å². The molecule has 0 unspecified atom stereocenters. The first-order valence-corrected chi connectivity index (χ1v) is 10.8. The highest BCUT2D eigenvalue weighted by Crippen LogP contribution is 2.31. The van der Waals surface area contributed by atoms with Gasteiger partial charge in [-0.25, -0.2) is 0 Å². The summed E-state index contributed by atoms with van der Waals surface area (Å²) < 4.78 is 5.33. The van der Waals surface area contributed by atoms with E-state index in [1.54, 1.807) is 47.4 Å². The van der Waals surface area contributed by atoms with Gasteiger partial charge in [-0.05, 0) is 43.2 Å². The summed E-state index contributed by atoms with van der Waals surface area (Å²) in [5.74, 6) is -1.28. The van der Waals surface area contributed by atoms with E-state index in [0.29, 0.717) is 54.1 Å². The number of Topliss-reactive ketones (excluding diaryl/α,β-unsaturated/α-hetero) is 1. The van der Waals surface area contributed by atoms with Crippen LogP contribution in [-0.2, 0) is 9.59 Å². The molecule has 0 bridgehead atoms. The van der Waals surface area contributed by atoms with Gasteiger partial charge in [-0.15, -0.1) is 0 Å². The lowest BCUT2D eigenvalue weighted by atomic mass is 9.88. The molecule has 3 aliphatic rings. The number of nitrogens with one attached hydrogen (secondary N) is 1. The molecular weight excluding hydrogens is 426 g/mol. The summed E-state index contributed by atoms with van der Waals surface area (Å²) in [7, 11) is 0. The number of benzene rings is 2. The van der Waals surface area contributed by atoms with Gasteiger partial charge in [0, 0.05) is 24.6 Å². The molecule has 1 fully saturated rings. The molecule has 9 nitrogen and oxygen atoms in total. The minimum absolute atomic E-state index is 0.0481. The molecule has 0 saturated carbocycles. The van der Waals surface area contributed by atoms with Gasteiger partial charge in [-0.2, -0.15) is 0 Å². The molecule has 0 radical (unpaired) electrons. The predicted octanol–water partition coefficient (Wildman–Crippen LogP) is 1.73. The highest BCUT2D eigenvalue weighted by atomic mass is 16.5. The van der Waals surface area contributed by atoms with Crippen molar-refractivity contribution in [1.82, 2.24) is 9.80 Å². The zero-order valence-electron chi connectivity index (χ0n) is 17.7. The monoisotopic (exact) mass is 447 g/mol. The zero-order valence-corrected chi connectivity index (χ0v) is 17.7. The quantitative estimate of drug-likeness (QED) is 0.564. The molecule has 168 valence electrons. The van der Waals surface area contributed by atoms with Gasteiger partial charge in [0.1, 0.15) is 12.3 Å². The second-order valence-electron chi connectivity index (χ2n) is 8.31. The van der Waals surface area contributed by atoms with Crippen LogP contribution in [0.25, 0.3) is 0 Å². The lowest BCUT2D eigenvalue weighted by Gasteiger charge is -2.32. The van der Waals surface area contributed by atoms with Crippen LogP contribution in [0, 0.1) is 5.92 Å². The number of imide groups is 1. The number of carbonyl (C=O) groups is 5. The number of piperidine rings is 1. The molecule has 1 N–H and O–H groups in total. The number of nitrogens with zero attached hydrogens (tertiary/aromatic N) is 2. The molecular formula is C24H21N3O6. The molecule has 9 heteroatoms. The summed E-state index contributed by atoms with van der Waals surface area (Å²) in [6, 6.07) is 11.5. The van der Waals surface area contributed by atoms with Gasteiger partial charge in [0.2, 0.25) is 5.91 Å². The maximum absolute atomic E-state index is 13.0. The van der Waals surface area contributed by atoms with E-state index in [9.17, 15) is 24.0 Å². The number of fused-ring (bicyclic) bond motifs is 2. The van der Waals surface area contributed by atoms with Crippen molar-refractivity contribution in [3.8, 4) is 5.75 Å². The fraction of sp³-hybridized carbons (Fsp3) is 0.292. The number of ketones is 1. The summed E-state index contributed by atoms with van der Waals surface area (Å²) in [5, 5.41) is 2.70. The summed E-state index contributed by atoms with van der Waals surface area (Å²) in [4.78, 5) is 64.9. The maximum atomic E-state index is 13.0. The van der Waals surface area contributed by atoms with Crippen molar-refractivity contribution in [1.29, 1.82) is 0 Å². The molecule has 1 saturated heterocycles. The van der Waals surface area contributed by atoms with Gasteiger partial charge in [0.05, 0.1) is 16.8 Å². The van der Waals surface area contributed by atoms with Crippen molar-refractivity contribution in [3.63, 3.8) is 0 Å². The Bertz CT molecular complexity index is 1160. The van der Waals surface area contributed by atoms with Crippen LogP contribution in [0.15, 0.2) is 42.5 Å². The Morgan fingerprint density at radius 3 is 2.30 bits per heavy atom. The minimum atomic E-state index is -0.461. The Balaban J connectivity index is 1.19. The number of carbonyl (C=O) groups excluding carboxylic acids is 5. The van der Waals surface area contributed by atoms with E-state index >= 15 is 0 Å². The summed E-state index contributed by atoms with van der Waals surface area (Å²) in [6.45, 7) is 0.370. The van der Waals surface area contributed by atoms with Gasteiger partial charge >= 0.3 is 0 Å². The average molecular weight is 447 g/mol. The Labute approximate surface area is 189 Å². The molecule has 0 aromatic heterocycles. The first-order valence-electron chi connectivity index (χ1n) is 10.8. The number of hydrogen-bond acceptors (Lipinski definition) is 6. The molecule has 0 aliphatic carbocycles. The van der Waals surface area contributed by atoms with Crippen molar-refractivity contribution in [2.75, 3.05) is 31.6 Å². The van der Waals surface area contributed by atoms with E-state index in [2.05, 4.69) is 5.32 Å². The molecule has 2 aromatic carbocycles. The fourth-order valence-electron chi connectivity index (χ4n) is 4.48. The van der Waals surface area contributed by atoms with Crippen LogP contribution < -0.4 is 10.1 Å². The van der Waals surface area contributed by atoms with Crippen LogP contribution in [0.3, 0.4) is 0 Å². The Morgan fingerprint density at radius 2 is 1.64 bits per heavy atom. The summed E-state index contributed by atoms with van der Waals surface area (Å²) in [6.07, 6.45) is 0.958. The molecule has 3 heterocycles. The van der Waals surface area contributed by atoms with E-state index in [0.717, 1.165) is 4.90 Å². The topological polar surface area (TPSA) is 113 Å². The van der Waals surface area contributed by atoms with Crippen molar-refractivity contribution in [2.24, 2.45) is 5.92 Å². The molecule has 0 atom stereocenters. The van der Waals surface area contributed by atoms with Gasteiger partial charge in [-0.3, -0.25) is 28.9 Å². The van der Waals surface area contributed by atoms with Gasteiger partial charge in [0.25, 0.3) is 17.7 Å². The third kappa shape index (κ3) is 3.75. The van der Waals surface area contributed by atoms with Crippen molar-refractivity contribution in [2.45, 2.75) is 12.8 Å². The SMILES string of the molecule is O=C1COc2ccc(C(=O)C3CCN(C(=O)CN4C(=O)c5ccccc5C4=O)CC3)cc2N1. The third-order valence-electron chi connectivity index (χ3n) is 6.29. The maximum Gasteiger partial charge on any atom is 0.262 e. The normalized spacial score (nSPS) is 17.9. The summed E-state index contributed by atoms with van der Waals surface area (Å²) in [5.41, 5.74) is 1.58. The second-order valence-corrected chi connectivity index (χ2v) is 8.31. The first kappa shape index (κ1) is 20.9. The lowest BCUT2D eigenvalue weighted by Crippen LogP contribution is -2.46. The van der Waals surface area contributed by atoms with E-state index < -0.39 is 11.8 Å². The van der Waals surface area contributed by atoms with Gasteiger partial charge in [-0.1, -0.05) is 12.1 Å². The largest absolute Gasteiger partial charge is 0.482 e. The zero-order chi connectivity index (χ0) is 23.1. The first-order chi connectivity index (χ1) is 15.9. The van der Waals surface area contributed by atoms with Crippen molar-refractivity contribution < 1.29 is 28.7 Å². The number of rotatable bonds is 4. The number of amides is 4. The Kier molecular flexibility index (Phi) is 5.16. The second kappa shape index (κ2) is 8.16. The fourth-order valence-corrected chi connectivity index (χ4v) is 4.48. The Morgan fingerprint density at radius 1 is 0.970 bits per heavy atom. The van der Waals surface area contributed by atoms with E-state index in [1.807, 2.05) is 0 Å². The number of ether oxygens (including phenoxy) is 1. The number of hydrogen-bond donors (Lipinski definition) is 1. The molecule has 33 heavy (non-hydrogen) atoms. The van der Waals surface area contributed by atoms with E-state index in [4.69, 9.17) is 4.74 Å². The van der Waals surface area contributed by atoms with E-state index in [-0.39, 0.29) is 36.7 Å². The average Bonchev–Trinajstić information content (AvgIpc) is 3.08. The van der Waals surface area contributed by atoms with Crippen molar-refractivity contribution in [3.05, 3.63) is 59.2 Å². The van der Waals surface area contributed by atoms with Crippen LogP contribution in [0.1, 0.15) is 43.9 Å². The van der Waals surface area contributed by atoms with Crippen LogP contribution in [0.2, 0.25) is 0 Å². The standard InChI is InChI=1S/C24H21N3O6/c28-20-13-33-19-6-5-15(11-18(19)25-20)22(30)14-7-9-26(10-8-14)21(29)12-27-23(31)16-3-1-2-4-17(16)24(27)32/h1-6,11,14H,7-10,12-13H2,(H,25,28). The smallest absolute Gasteiger partial charge is 0.262 e. The summed E-state index contributed by atoms with van der Waals surface area (Å²) >= 11 is 0. The molecule has 5 rings (SSSR count). The molecule has 0 spiro atoms. The van der Waals surface area contributed by atoms with Crippen molar-refractivity contribution >= 4 is 35.1 Å². The number of anilines is 1. The third-order valence-corrected chi connectivity index (χ3v) is 6.29. The minimum Gasteiger partial charge on any atom is -0.482 e.